The van der Waals surface area contributed by atoms with Crippen LogP contribution in [-0.4, -0.2) is 36.2 Å². The van der Waals surface area contributed by atoms with E-state index in [-0.39, 0.29) is 5.56 Å². The molecule has 3 heterocycles. The fourth-order valence-corrected chi connectivity index (χ4v) is 2.93. The molecular weight excluding hydrogens is 290 g/mol. The summed E-state index contributed by atoms with van der Waals surface area (Å²) >= 11 is 0. The Morgan fingerprint density at radius 2 is 2.39 bits per heavy atom. The Morgan fingerprint density at radius 3 is 3.13 bits per heavy atom. The minimum absolute atomic E-state index is 0.232. The number of nitrogens with one attached hydrogen (secondary N) is 3. The minimum atomic E-state index is -0.232. The van der Waals surface area contributed by atoms with Gasteiger partial charge in [-0.3, -0.25) is 4.79 Å². The lowest BCUT2D eigenvalue weighted by Crippen LogP contribution is -2.38. The lowest BCUT2D eigenvalue weighted by Gasteiger charge is -2.25. The standard InChI is InChI=1S/C17H21N5O/c1-12-7-15(17(23)21-16(12)8-18)14-3-2-6-22(11-14)20-10-13-4-5-19-9-13/h2-3,7,11,13,19-20H,4-6,9-10H2,1H3,(H,21,23). The molecule has 0 saturated carbocycles. The van der Waals surface area contributed by atoms with Crippen molar-refractivity contribution in [3.05, 3.63) is 51.6 Å². The zero-order valence-corrected chi connectivity index (χ0v) is 13.2. The molecule has 0 amide bonds. The highest BCUT2D eigenvalue weighted by Gasteiger charge is 2.16. The second kappa shape index (κ2) is 6.82. The van der Waals surface area contributed by atoms with Crippen LogP contribution in [-0.2, 0) is 0 Å². The molecule has 6 heteroatoms. The Hall–Kier alpha value is -2.36. The van der Waals surface area contributed by atoms with Gasteiger partial charge in [-0.2, -0.15) is 5.26 Å². The Bertz CT molecular complexity index is 734. The highest BCUT2D eigenvalue weighted by molar-refractivity contribution is 5.74. The number of hydrogen-bond acceptors (Lipinski definition) is 5. The number of hydrazine groups is 1. The summed E-state index contributed by atoms with van der Waals surface area (Å²) in [5.41, 5.74) is 5.73. The van der Waals surface area contributed by atoms with Crippen LogP contribution in [0.2, 0.25) is 0 Å². The largest absolute Gasteiger partial charge is 0.316 e. The van der Waals surface area contributed by atoms with E-state index < -0.39 is 0 Å². The minimum Gasteiger partial charge on any atom is -0.316 e. The van der Waals surface area contributed by atoms with E-state index in [0.717, 1.165) is 37.3 Å². The third-order valence-corrected chi connectivity index (χ3v) is 4.30. The van der Waals surface area contributed by atoms with Crippen molar-refractivity contribution >= 4 is 5.57 Å². The zero-order chi connectivity index (χ0) is 16.2. The molecule has 1 atom stereocenters. The van der Waals surface area contributed by atoms with Gasteiger partial charge in [0.05, 0.1) is 6.54 Å². The van der Waals surface area contributed by atoms with Crippen molar-refractivity contribution in [2.24, 2.45) is 5.92 Å². The lowest BCUT2D eigenvalue weighted by atomic mass is 10.0. The molecule has 120 valence electrons. The quantitative estimate of drug-likeness (QED) is 0.769. The molecule has 1 aromatic heterocycles. The summed E-state index contributed by atoms with van der Waals surface area (Å²) in [6.07, 6.45) is 7.13. The molecule has 1 fully saturated rings. The number of aromatic amines is 1. The summed E-state index contributed by atoms with van der Waals surface area (Å²) < 4.78 is 0. The van der Waals surface area contributed by atoms with Crippen LogP contribution in [0.1, 0.15) is 23.2 Å². The van der Waals surface area contributed by atoms with Gasteiger partial charge in [-0.05, 0) is 44.0 Å². The third-order valence-electron chi connectivity index (χ3n) is 4.30. The smallest absolute Gasteiger partial charge is 0.256 e. The van der Waals surface area contributed by atoms with Crippen molar-refractivity contribution in [3.63, 3.8) is 0 Å². The van der Waals surface area contributed by atoms with Crippen molar-refractivity contribution in [3.8, 4) is 6.07 Å². The summed E-state index contributed by atoms with van der Waals surface area (Å²) in [6, 6.07) is 3.78. The van der Waals surface area contributed by atoms with Crippen LogP contribution in [0.15, 0.2) is 29.2 Å². The number of rotatable bonds is 4. The fourth-order valence-electron chi connectivity index (χ4n) is 2.93. The van der Waals surface area contributed by atoms with Gasteiger partial charge in [-0.25, -0.2) is 5.43 Å². The zero-order valence-electron chi connectivity index (χ0n) is 13.2. The molecule has 3 N–H and O–H groups in total. The summed E-state index contributed by atoms with van der Waals surface area (Å²) in [5, 5.41) is 14.4. The summed E-state index contributed by atoms with van der Waals surface area (Å²) in [6.45, 7) is 5.67. The SMILES string of the molecule is Cc1cc(C2=CN(NCC3CCNC3)CC=C2)c(=O)[nH]c1C#N. The number of nitrogens with zero attached hydrogens (tertiary/aromatic N) is 2. The van der Waals surface area contributed by atoms with Gasteiger partial charge in [-0.1, -0.05) is 12.2 Å². The van der Waals surface area contributed by atoms with Gasteiger partial charge in [-0.15, -0.1) is 0 Å². The first-order chi connectivity index (χ1) is 11.2. The topological polar surface area (TPSA) is 83.9 Å². The first-order valence-electron chi connectivity index (χ1n) is 7.91. The Kier molecular flexibility index (Phi) is 4.60. The molecule has 2 aliphatic rings. The molecule has 3 rings (SSSR count). The van der Waals surface area contributed by atoms with Crippen LogP contribution in [0.4, 0.5) is 0 Å². The molecule has 0 aliphatic carbocycles. The summed E-state index contributed by atoms with van der Waals surface area (Å²) in [5.74, 6) is 0.651. The Labute approximate surface area is 135 Å². The van der Waals surface area contributed by atoms with E-state index in [1.807, 2.05) is 36.4 Å². The van der Waals surface area contributed by atoms with Crippen molar-refractivity contribution < 1.29 is 0 Å². The van der Waals surface area contributed by atoms with Gasteiger partial charge < -0.3 is 15.3 Å². The van der Waals surface area contributed by atoms with Gasteiger partial charge >= 0.3 is 0 Å². The highest BCUT2D eigenvalue weighted by atomic mass is 16.1. The van der Waals surface area contributed by atoms with Crippen molar-refractivity contribution in [1.29, 1.82) is 5.26 Å². The van der Waals surface area contributed by atoms with Crippen LogP contribution in [0.5, 0.6) is 0 Å². The normalized spacial score (nSPS) is 20.4. The van der Waals surface area contributed by atoms with Gasteiger partial charge in [0, 0.05) is 23.9 Å². The van der Waals surface area contributed by atoms with Gasteiger partial charge in [0.1, 0.15) is 11.8 Å². The average Bonchev–Trinajstić information content (AvgIpc) is 3.08. The third kappa shape index (κ3) is 3.52. The monoisotopic (exact) mass is 311 g/mol. The number of allylic oxidation sites excluding steroid dienone is 2. The molecule has 1 aromatic rings. The lowest BCUT2D eigenvalue weighted by molar-refractivity contribution is 0.273. The van der Waals surface area contributed by atoms with E-state index in [9.17, 15) is 4.79 Å². The van der Waals surface area contributed by atoms with E-state index in [1.165, 1.54) is 6.42 Å². The summed E-state index contributed by atoms with van der Waals surface area (Å²) in [4.78, 5) is 14.8. The molecule has 0 radical (unpaired) electrons. The highest BCUT2D eigenvalue weighted by Crippen LogP contribution is 2.18. The molecule has 0 spiro atoms. The van der Waals surface area contributed by atoms with Gasteiger partial charge in [0.25, 0.3) is 5.56 Å². The maximum Gasteiger partial charge on any atom is 0.256 e. The van der Waals surface area contributed by atoms with E-state index in [0.29, 0.717) is 17.2 Å². The van der Waals surface area contributed by atoms with Crippen LogP contribution >= 0.6 is 0 Å². The molecular formula is C17H21N5O. The van der Waals surface area contributed by atoms with Crippen molar-refractivity contribution in [2.45, 2.75) is 13.3 Å². The second-order valence-corrected chi connectivity index (χ2v) is 6.04. The van der Waals surface area contributed by atoms with Crippen LogP contribution in [0.25, 0.3) is 5.57 Å². The van der Waals surface area contributed by atoms with E-state index >= 15 is 0 Å². The summed E-state index contributed by atoms with van der Waals surface area (Å²) in [7, 11) is 0. The number of hydrogen-bond donors (Lipinski definition) is 3. The molecule has 6 nitrogen and oxygen atoms in total. The van der Waals surface area contributed by atoms with Crippen LogP contribution < -0.4 is 16.3 Å². The van der Waals surface area contributed by atoms with Gasteiger partial charge in [0.15, 0.2) is 0 Å². The number of aromatic nitrogens is 1. The maximum atomic E-state index is 12.2. The molecule has 1 saturated heterocycles. The second-order valence-electron chi connectivity index (χ2n) is 6.04. The van der Waals surface area contributed by atoms with Crippen LogP contribution in [0.3, 0.4) is 0 Å². The number of pyridine rings is 1. The first-order valence-corrected chi connectivity index (χ1v) is 7.91. The number of aryl methyl sites for hydroxylation is 1. The van der Waals surface area contributed by atoms with Crippen molar-refractivity contribution in [1.82, 2.24) is 20.7 Å². The van der Waals surface area contributed by atoms with Crippen molar-refractivity contribution in [2.75, 3.05) is 26.2 Å². The average molecular weight is 311 g/mol. The van der Waals surface area contributed by atoms with E-state index in [2.05, 4.69) is 15.7 Å². The fraction of sp³-hybridized carbons (Fsp3) is 0.412. The molecule has 0 aromatic carbocycles. The first kappa shape index (κ1) is 15.5. The van der Waals surface area contributed by atoms with E-state index in [1.54, 1.807) is 6.07 Å². The Balaban J connectivity index is 1.76. The molecule has 2 aliphatic heterocycles. The Morgan fingerprint density at radius 1 is 1.52 bits per heavy atom. The van der Waals surface area contributed by atoms with Crippen LogP contribution in [0, 0.1) is 24.2 Å². The maximum absolute atomic E-state index is 12.2. The predicted molar refractivity (Wildman–Crippen MR) is 89.3 cm³/mol. The molecule has 1 unspecified atom stereocenters. The van der Waals surface area contributed by atoms with Gasteiger partial charge in [0.2, 0.25) is 0 Å². The molecule has 0 bridgehead atoms. The number of nitriles is 1. The molecule has 23 heavy (non-hydrogen) atoms. The number of H-pyrrole nitrogens is 1. The van der Waals surface area contributed by atoms with E-state index in [4.69, 9.17) is 5.26 Å². The predicted octanol–water partition coefficient (Wildman–Crippen LogP) is 0.882.